The van der Waals surface area contributed by atoms with E-state index >= 15 is 0 Å². The molecule has 1 amide bonds. The second kappa shape index (κ2) is 5.04. The number of carbonyl (C=O) groups excluding carboxylic acids is 1. The summed E-state index contributed by atoms with van der Waals surface area (Å²) in [5.74, 6) is -0.276. The van der Waals surface area contributed by atoms with Crippen molar-refractivity contribution in [2.45, 2.75) is 19.6 Å². The molecule has 6 heteroatoms. The van der Waals surface area contributed by atoms with Crippen LogP contribution in [-0.2, 0) is 6.54 Å². The number of aromatic nitrogens is 1. The van der Waals surface area contributed by atoms with E-state index in [1.807, 2.05) is 0 Å². The molecule has 0 spiro atoms. The Kier molecular flexibility index (Phi) is 3.99. The molecule has 14 heavy (non-hydrogen) atoms. The van der Waals surface area contributed by atoms with Crippen LogP contribution < -0.4 is 11.1 Å². The molecular formula is C8H13N3O2S. The first-order valence-electron chi connectivity index (χ1n) is 4.24. The normalized spacial score (nSPS) is 12.5. The Balaban J connectivity index is 2.52. The molecule has 1 atom stereocenters. The summed E-state index contributed by atoms with van der Waals surface area (Å²) in [4.78, 5) is 15.4. The second-order valence-corrected chi connectivity index (χ2v) is 3.83. The topological polar surface area (TPSA) is 88.2 Å². The number of hydrogen-bond acceptors (Lipinski definition) is 5. The fourth-order valence-electron chi connectivity index (χ4n) is 0.840. The Morgan fingerprint density at radius 1 is 1.86 bits per heavy atom. The summed E-state index contributed by atoms with van der Waals surface area (Å²) in [6, 6.07) is 0. The molecule has 1 aromatic rings. The van der Waals surface area contributed by atoms with Crippen molar-refractivity contribution in [2.75, 3.05) is 6.54 Å². The molecule has 0 aliphatic carbocycles. The van der Waals surface area contributed by atoms with Crippen molar-refractivity contribution in [1.82, 2.24) is 10.3 Å². The third-order valence-electron chi connectivity index (χ3n) is 1.52. The van der Waals surface area contributed by atoms with Crippen LogP contribution >= 0.6 is 11.3 Å². The molecule has 0 saturated carbocycles. The van der Waals surface area contributed by atoms with Gasteiger partial charge in [0.05, 0.1) is 6.10 Å². The van der Waals surface area contributed by atoms with Crippen molar-refractivity contribution in [2.24, 2.45) is 5.73 Å². The molecule has 0 aliphatic heterocycles. The number of amides is 1. The zero-order chi connectivity index (χ0) is 10.6. The lowest BCUT2D eigenvalue weighted by atomic mass is 10.4. The summed E-state index contributed by atoms with van der Waals surface area (Å²) in [6.45, 7) is 2.18. The lowest BCUT2D eigenvalue weighted by Crippen LogP contribution is -2.30. The number of hydrogen-bond donors (Lipinski definition) is 3. The average Bonchev–Trinajstić information content (AvgIpc) is 2.62. The van der Waals surface area contributed by atoms with Gasteiger partial charge in [0.15, 0.2) is 0 Å². The van der Waals surface area contributed by atoms with E-state index in [4.69, 9.17) is 10.8 Å². The molecule has 78 valence electrons. The smallest absolute Gasteiger partial charge is 0.270 e. The highest BCUT2D eigenvalue weighted by molar-refractivity contribution is 7.09. The van der Waals surface area contributed by atoms with Crippen molar-refractivity contribution in [3.8, 4) is 0 Å². The first-order chi connectivity index (χ1) is 6.63. The van der Waals surface area contributed by atoms with Gasteiger partial charge in [0.25, 0.3) is 5.91 Å². The van der Waals surface area contributed by atoms with Gasteiger partial charge in [-0.1, -0.05) is 0 Å². The molecule has 5 nitrogen and oxygen atoms in total. The molecule has 4 N–H and O–H groups in total. The highest BCUT2D eigenvalue weighted by Crippen LogP contribution is 2.08. The Labute approximate surface area is 86.0 Å². The van der Waals surface area contributed by atoms with Crippen molar-refractivity contribution in [1.29, 1.82) is 0 Å². The number of nitrogens with one attached hydrogen (secondary N) is 1. The lowest BCUT2D eigenvalue weighted by Gasteiger charge is -2.04. The van der Waals surface area contributed by atoms with E-state index in [0.29, 0.717) is 12.2 Å². The van der Waals surface area contributed by atoms with Crippen LogP contribution in [0.25, 0.3) is 0 Å². The van der Waals surface area contributed by atoms with Crippen LogP contribution in [0.3, 0.4) is 0 Å². The van der Waals surface area contributed by atoms with Gasteiger partial charge < -0.3 is 16.2 Å². The van der Waals surface area contributed by atoms with E-state index in [1.54, 1.807) is 12.3 Å². The molecule has 0 saturated heterocycles. The third-order valence-corrected chi connectivity index (χ3v) is 2.39. The molecule has 0 aliphatic rings. The monoisotopic (exact) mass is 215 g/mol. The lowest BCUT2D eigenvalue weighted by molar-refractivity contribution is 0.0919. The van der Waals surface area contributed by atoms with Crippen LogP contribution in [0.1, 0.15) is 22.4 Å². The Morgan fingerprint density at radius 3 is 3.07 bits per heavy atom. The quantitative estimate of drug-likeness (QED) is 0.644. The van der Waals surface area contributed by atoms with Crippen LogP contribution in [0.4, 0.5) is 0 Å². The first kappa shape index (κ1) is 11.1. The van der Waals surface area contributed by atoms with E-state index < -0.39 is 6.10 Å². The molecule has 0 fully saturated rings. The van der Waals surface area contributed by atoms with Crippen molar-refractivity contribution < 1.29 is 9.90 Å². The molecule has 0 radical (unpaired) electrons. The zero-order valence-corrected chi connectivity index (χ0v) is 8.67. The van der Waals surface area contributed by atoms with Crippen LogP contribution in [0.2, 0.25) is 0 Å². The standard InChI is InChI=1S/C8H13N3O2S/c1-5(12)3-10-8(13)6-4-14-7(2-9)11-6/h4-5,12H,2-3,9H2,1H3,(H,10,13)/t5-/m0/s1. The van der Waals surface area contributed by atoms with Crippen LogP contribution in [0.5, 0.6) is 0 Å². The Hall–Kier alpha value is -0.980. The molecular weight excluding hydrogens is 202 g/mol. The predicted octanol–water partition coefficient (Wildman–Crippen LogP) is -0.288. The SMILES string of the molecule is C[C@H](O)CNC(=O)c1csc(CN)n1. The van der Waals surface area contributed by atoms with Crippen molar-refractivity contribution in [3.63, 3.8) is 0 Å². The summed E-state index contributed by atoms with van der Waals surface area (Å²) < 4.78 is 0. The van der Waals surface area contributed by atoms with Crippen molar-refractivity contribution in [3.05, 3.63) is 16.1 Å². The maximum absolute atomic E-state index is 11.4. The zero-order valence-electron chi connectivity index (χ0n) is 7.86. The van der Waals surface area contributed by atoms with Gasteiger partial charge in [0.2, 0.25) is 0 Å². The summed E-state index contributed by atoms with van der Waals surface area (Å²) in [7, 11) is 0. The third kappa shape index (κ3) is 3.06. The first-order valence-corrected chi connectivity index (χ1v) is 5.12. The number of thiazole rings is 1. The van der Waals surface area contributed by atoms with E-state index in [0.717, 1.165) is 5.01 Å². The van der Waals surface area contributed by atoms with Crippen LogP contribution in [-0.4, -0.2) is 28.6 Å². The number of nitrogens with two attached hydrogens (primary N) is 1. The summed E-state index contributed by atoms with van der Waals surface area (Å²) in [6.07, 6.45) is -0.549. The molecule has 0 unspecified atom stereocenters. The largest absolute Gasteiger partial charge is 0.392 e. The summed E-state index contributed by atoms with van der Waals surface area (Å²) >= 11 is 1.35. The van der Waals surface area contributed by atoms with Gasteiger partial charge in [-0.3, -0.25) is 4.79 Å². The van der Waals surface area contributed by atoms with E-state index in [9.17, 15) is 4.79 Å². The van der Waals surface area contributed by atoms with Crippen LogP contribution in [0, 0.1) is 0 Å². The minimum atomic E-state index is -0.549. The van der Waals surface area contributed by atoms with Gasteiger partial charge in [0, 0.05) is 18.5 Å². The summed E-state index contributed by atoms with van der Waals surface area (Å²) in [5, 5.41) is 13.9. The Bertz CT molecular complexity index is 311. The number of nitrogens with zero attached hydrogens (tertiary/aromatic N) is 1. The maximum atomic E-state index is 11.4. The maximum Gasteiger partial charge on any atom is 0.270 e. The minimum absolute atomic E-state index is 0.230. The van der Waals surface area contributed by atoms with Crippen LogP contribution in [0.15, 0.2) is 5.38 Å². The van der Waals surface area contributed by atoms with Gasteiger partial charge in [0.1, 0.15) is 10.7 Å². The fraction of sp³-hybridized carbons (Fsp3) is 0.500. The summed E-state index contributed by atoms with van der Waals surface area (Å²) in [5.41, 5.74) is 5.72. The number of rotatable bonds is 4. The van der Waals surface area contributed by atoms with Gasteiger partial charge >= 0.3 is 0 Å². The molecule has 1 aromatic heterocycles. The van der Waals surface area contributed by atoms with Crippen molar-refractivity contribution >= 4 is 17.2 Å². The molecule has 1 rings (SSSR count). The van der Waals surface area contributed by atoms with E-state index in [2.05, 4.69) is 10.3 Å². The molecule has 0 bridgehead atoms. The molecule has 0 aromatic carbocycles. The van der Waals surface area contributed by atoms with Gasteiger partial charge in [-0.05, 0) is 6.92 Å². The second-order valence-electron chi connectivity index (χ2n) is 2.89. The van der Waals surface area contributed by atoms with E-state index in [1.165, 1.54) is 11.3 Å². The number of aliphatic hydroxyl groups is 1. The highest BCUT2D eigenvalue weighted by Gasteiger charge is 2.09. The number of aliphatic hydroxyl groups excluding tert-OH is 1. The predicted molar refractivity (Wildman–Crippen MR) is 54.0 cm³/mol. The fourth-order valence-corrected chi connectivity index (χ4v) is 1.49. The van der Waals surface area contributed by atoms with Gasteiger partial charge in [-0.25, -0.2) is 4.98 Å². The molecule has 1 heterocycles. The Morgan fingerprint density at radius 2 is 2.57 bits per heavy atom. The highest BCUT2D eigenvalue weighted by atomic mass is 32.1. The van der Waals surface area contributed by atoms with Gasteiger partial charge in [-0.2, -0.15) is 0 Å². The van der Waals surface area contributed by atoms with Gasteiger partial charge in [-0.15, -0.1) is 11.3 Å². The van der Waals surface area contributed by atoms with E-state index in [-0.39, 0.29) is 12.5 Å². The number of carbonyl (C=O) groups is 1. The average molecular weight is 215 g/mol. The minimum Gasteiger partial charge on any atom is -0.392 e.